The molecule has 0 saturated heterocycles. The number of ether oxygens (including phenoxy) is 1. The van der Waals surface area contributed by atoms with Gasteiger partial charge in [-0.1, -0.05) is 12.1 Å². The SMILES string of the molecule is C[C@@H](O[C@H]1Cc2nnc(C3CCC(n4cnnc4)CC3)n2C[C@@H]1c1ccc(F)cc1)c1cc(C(F)(F)F)cc(C(F)(F)F)c1. The standard InChI is InChI=1S/C30H29F7N6O/c1-17(20-10-21(29(32,33)34)12-22(11-20)30(35,36)37)44-26-13-27-40-41-28(19-4-8-24(9-5-19)42-15-38-39-16-42)43(27)14-25(26)18-2-6-23(31)7-3-18/h2-3,6-7,10-12,15-17,19,24-26H,4-5,8-9,13-14H2,1H3/t17-,19?,24?,25-,26+/m1/s1. The van der Waals surface area contributed by atoms with E-state index >= 15 is 0 Å². The predicted octanol–water partition coefficient (Wildman–Crippen LogP) is 7.43. The molecule has 0 N–H and O–H groups in total. The van der Waals surface area contributed by atoms with Gasteiger partial charge in [0.1, 0.15) is 30.1 Å². The summed E-state index contributed by atoms with van der Waals surface area (Å²) in [7, 11) is 0. The first kappa shape index (κ1) is 30.2. The smallest absolute Gasteiger partial charge is 0.369 e. The van der Waals surface area contributed by atoms with Crippen LogP contribution in [0.3, 0.4) is 0 Å². The molecular formula is C30H29F7N6O. The highest BCUT2D eigenvalue weighted by atomic mass is 19.4. The monoisotopic (exact) mass is 622 g/mol. The number of benzene rings is 2. The van der Waals surface area contributed by atoms with E-state index in [1.54, 1.807) is 24.8 Å². The number of halogens is 7. The molecule has 0 amide bonds. The van der Waals surface area contributed by atoms with E-state index in [2.05, 4.69) is 20.4 Å². The molecular weight excluding hydrogens is 593 g/mol. The molecule has 3 atom stereocenters. The molecule has 3 heterocycles. The minimum absolute atomic E-state index is 0.0991. The minimum atomic E-state index is -4.97. The van der Waals surface area contributed by atoms with Crippen LogP contribution >= 0.6 is 0 Å². The van der Waals surface area contributed by atoms with Crippen molar-refractivity contribution in [3.63, 3.8) is 0 Å². The maximum absolute atomic E-state index is 13.8. The molecule has 0 unspecified atom stereocenters. The molecule has 234 valence electrons. The van der Waals surface area contributed by atoms with Crippen LogP contribution in [0.25, 0.3) is 0 Å². The first-order valence-electron chi connectivity index (χ1n) is 14.3. The van der Waals surface area contributed by atoms with Gasteiger partial charge < -0.3 is 13.9 Å². The summed E-state index contributed by atoms with van der Waals surface area (Å²) in [6.07, 6.45) is -4.53. The summed E-state index contributed by atoms with van der Waals surface area (Å²) in [5, 5.41) is 16.7. The van der Waals surface area contributed by atoms with Crippen molar-refractivity contribution < 1.29 is 35.5 Å². The van der Waals surface area contributed by atoms with Gasteiger partial charge in [0.25, 0.3) is 0 Å². The Morgan fingerprint density at radius 3 is 2.05 bits per heavy atom. The van der Waals surface area contributed by atoms with Crippen molar-refractivity contribution >= 4 is 0 Å². The van der Waals surface area contributed by atoms with Gasteiger partial charge in [0, 0.05) is 30.8 Å². The molecule has 1 fully saturated rings. The van der Waals surface area contributed by atoms with Crippen LogP contribution < -0.4 is 0 Å². The van der Waals surface area contributed by atoms with Crippen LogP contribution in [0, 0.1) is 5.82 Å². The summed E-state index contributed by atoms with van der Waals surface area (Å²) in [5.41, 5.74) is -2.33. The quantitative estimate of drug-likeness (QED) is 0.209. The number of fused-ring (bicyclic) bond motifs is 1. The van der Waals surface area contributed by atoms with E-state index in [9.17, 15) is 30.7 Å². The van der Waals surface area contributed by atoms with Crippen molar-refractivity contribution in [3.05, 3.63) is 94.8 Å². The van der Waals surface area contributed by atoms with Gasteiger partial charge in [-0.05, 0) is 74.1 Å². The van der Waals surface area contributed by atoms with Crippen molar-refractivity contribution in [2.75, 3.05) is 0 Å². The van der Waals surface area contributed by atoms with E-state index < -0.39 is 41.5 Å². The van der Waals surface area contributed by atoms with Gasteiger partial charge in [-0.15, -0.1) is 20.4 Å². The molecule has 2 aliphatic rings. The Labute approximate surface area is 248 Å². The van der Waals surface area contributed by atoms with Crippen LogP contribution in [-0.2, 0) is 30.1 Å². The van der Waals surface area contributed by atoms with E-state index in [1.165, 1.54) is 19.1 Å². The summed E-state index contributed by atoms with van der Waals surface area (Å²) >= 11 is 0. The summed E-state index contributed by atoms with van der Waals surface area (Å²) in [6.45, 7) is 1.79. The topological polar surface area (TPSA) is 70.7 Å². The molecule has 6 rings (SSSR count). The van der Waals surface area contributed by atoms with Gasteiger partial charge >= 0.3 is 12.4 Å². The average Bonchev–Trinajstić information content (AvgIpc) is 3.67. The fraction of sp³-hybridized carbons (Fsp3) is 0.467. The fourth-order valence-electron chi connectivity index (χ4n) is 6.39. The molecule has 7 nitrogen and oxygen atoms in total. The van der Waals surface area contributed by atoms with Crippen molar-refractivity contribution in [3.8, 4) is 0 Å². The molecule has 0 spiro atoms. The second kappa shape index (κ2) is 11.6. The highest BCUT2D eigenvalue weighted by Gasteiger charge is 2.39. The molecule has 2 aromatic heterocycles. The number of hydrogen-bond acceptors (Lipinski definition) is 5. The largest absolute Gasteiger partial charge is 0.416 e. The zero-order valence-corrected chi connectivity index (χ0v) is 23.6. The van der Waals surface area contributed by atoms with Gasteiger partial charge in [0.05, 0.1) is 23.3 Å². The van der Waals surface area contributed by atoms with Gasteiger partial charge in [0.15, 0.2) is 0 Å². The molecule has 0 bridgehead atoms. The van der Waals surface area contributed by atoms with E-state index in [-0.39, 0.29) is 29.9 Å². The van der Waals surface area contributed by atoms with E-state index in [0.717, 1.165) is 37.1 Å². The maximum Gasteiger partial charge on any atom is 0.416 e. The van der Waals surface area contributed by atoms with Gasteiger partial charge in [-0.2, -0.15) is 26.3 Å². The van der Waals surface area contributed by atoms with Crippen molar-refractivity contribution in [2.24, 2.45) is 0 Å². The number of aromatic nitrogens is 6. The fourth-order valence-corrected chi connectivity index (χ4v) is 6.39. The zero-order chi connectivity index (χ0) is 31.2. The lowest BCUT2D eigenvalue weighted by Crippen LogP contribution is -2.36. The molecule has 1 aliphatic carbocycles. The molecule has 1 saturated carbocycles. The highest BCUT2D eigenvalue weighted by molar-refractivity contribution is 5.35. The van der Waals surface area contributed by atoms with Crippen molar-refractivity contribution in [1.82, 2.24) is 29.5 Å². The third-order valence-electron chi connectivity index (χ3n) is 8.74. The van der Waals surface area contributed by atoms with Gasteiger partial charge in [-0.25, -0.2) is 4.39 Å². The number of alkyl halides is 6. The number of nitrogens with zero attached hydrogens (tertiary/aromatic N) is 6. The van der Waals surface area contributed by atoms with Crippen LogP contribution in [0.2, 0.25) is 0 Å². The Bertz CT molecular complexity index is 1540. The molecule has 44 heavy (non-hydrogen) atoms. The Hall–Kier alpha value is -3.81. The van der Waals surface area contributed by atoms with Crippen LogP contribution in [0.4, 0.5) is 30.7 Å². The Morgan fingerprint density at radius 2 is 1.45 bits per heavy atom. The zero-order valence-electron chi connectivity index (χ0n) is 23.6. The van der Waals surface area contributed by atoms with Crippen LogP contribution in [0.5, 0.6) is 0 Å². The number of hydrogen-bond donors (Lipinski definition) is 0. The molecule has 0 radical (unpaired) electrons. The lowest BCUT2D eigenvalue weighted by atomic mass is 9.84. The molecule has 4 aromatic rings. The number of rotatable bonds is 6. The third kappa shape index (κ3) is 6.21. The summed E-state index contributed by atoms with van der Waals surface area (Å²) in [5.74, 6) is 0.779. The molecule has 2 aromatic carbocycles. The van der Waals surface area contributed by atoms with E-state index in [4.69, 9.17) is 4.74 Å². The summed E-state index contributed by atoms with van der Waals surface area (Å²) in [4.78, 5) is 0. The van der Waals surface area contributed by atoms with Crippen LogP contribution in [-0.4, -0.2) is 35.6 Å². The Morgan fingerprint density at radius 1 is 0.841 bits per heavy atom. The maximum atomic E-state index is 13.8. The average molecular weight is 623 g/mol. The summed E-state index contributed by atoms with van der Waals surface area (Å²) < 4.78 is 105. The van der Waals surface area contributed by atoms with Gasteiger partial charge in [0.2, 0.25) is 0 Å². The molecule has 1 aliphatic heterocycles. The lowest BCUT2D eigenvalue weighted by Gasteiger charge is -2.36. The Kier molecular flexibility index (Phi) is 7.97. The summed E-state index contributed by atoms with van der Waals surface area (Å²) in [6, 6.07) is 7.63. The van der Waals surface area contributed by atoms with Crippen molar-refractivity contribution in [1.29, 1.82) is 0 Å². The van der Waals surface area contributed by atoms with Crippen molar-refractivity contribution in [2.45, 2.75) is 88.0 Å². The minimum Gasteiger partial charge on any atom is -0.369 e. The highest BCUT2D eigenvalue weighted by Crippen LogP contribution is 2.42. The van der Waals surface area contributed by atoms with E-state index in [0.29, 0.717) is 30.5 Å². The second-order valence-electron chi connectivity index (χ2n) is 11.5. The first-order chi connectivity index (χ1) is 20.9. The van der Waals surface area contributed by atoms with Crippen LogP contribution in [0.15, 0.2) is 55.1 Å². The Balaban J connectivity index is 1.27. The lowest BCUT2D eigenvalue weighted by molar-refractivity contribution is -0.143. The predicted molar refractivity (Wildman–Crippen MR) is 143 cm³/mol. The second-order valence-corrected chi connectivity index (χ2v) is 11.5. The molecule has 14 heteroatoms. The van der Waals surface area contributed by atoms with E-state index in [1.807, 2.05) is 9.13 Å². The first-order valence-corrected chi connectivity index (χ1v) is 14.3. The van der Waals surface area contributed by atoms with Crippen LogP contribution in [0.1, 0.15) is 90.5 Å². The third-order valence-corrected chi connectivity index (χ3v) is 8.74. The van der Waals surface area contributed by atoms with Gasteiger partial charge in [-0.3, -0.25) is 0 Å². The normalized spacial score (nSPS) is 23.4.